The maximum Gasteiger partial charge on any atom is 0.303 e. The molecule has 186 valence electrons. The number of aromatic nitrogens is 1. The van der Waals surface area contributed by atoms with E-state index in [0.717, 1.165) is 5.56 Å². The lowest BCUT2D eigenvalue weighted by atomic mass is 10.1. The second-order valence-electron chi connectivity index (χ2n) is 7.29. The lowest BCUT2D eigenvalue weighted by Crippen LogP contribution is -2.33. The van der Waals surface area contributed by atoms with Gasteiger partial charge in [-0.2, -0.15) is 4.99 Å². The van der Waals surface area contributed by atoms with Crippen molar-refractivity contribution in [1.82, 2.24) is 4.98 Å². The van der Waals surface area contributed by atoms with Crippen molar-refractivity contribution in [3.63, 3.8) is 0 Å². The summed E-state index contributed by atoms with van der Waals surface area (Å²) in [5.41, 5.74) is 7.88. The average molecular weight is 512 g/mol. The number of amidine groups is 1. The van der Waals surface area contributed by atoms with Crippen molar-refractivity contribution in [3.8, 4) is 5.88 Å². The van der Waals surface area contributed by atoms with Crippen LogP contribution in [0.1, 0.15) is 62.0 Å². The van der Waals surface area contributed by atoms with Gasteiger partial charge in [-0.05, 0) is 51.0 Å². The molecule has 1 aromatic carbocycles. The molecule has 0 unspecified atom stereocenters. The van der Waals surface area contributed by atoms with Gasteiger partial charge in [0.25, 0.3) is 5.91 Å². The minimum Gasteiger partial charge on any atom is -0.481 e. The van der Waals surface area contributed by atoms with Crippen LogP contribution in [0, 0.1) is 6.92 Å². The maximum absolute atomic E-state index is 12.5. The molecule has 0 aliphatic heterocycles. The molecule has 0 saturated carbocycles. The fourth-order valence-corrected chi connectivity index (χ4v) is 3.25. The number of hydrazine groups is 1. The van der Waals surface area contributed by atoms with Crippen molar-refractivity contribution in [2.75, 3.05) is 11.6 Å². The number of carbonyl (C=O) groups excluding carboxylic acids is 1. The van der Waals surface area contributed by atoms with Gasteiger partial charge in [0.05, 0.1) is 22.4 Å². The molecule has 0 spiro atoms. The number of carboxylic acid groups (broad SMARTS) is 1. The number of ether oxygens (including phenoxy) is 1. The number of hydrogen-bond acceptors (Lipinski definition) is 6. The maximum atomic E-state index is 12.5. The smallest absolute Gasteiger partial charge is 0.303 e. The minimum absolute atomic E-state index is 0.00370. The number of anilines is 1. The van der Waals surface area contributed by atoms with E-state index in [9.17, 15) is 9.59 Å². The minimum atomic E-state index is -0.893. The quantitative estimate of drug-likeness (QED) is 0.191. The molecule has 34 heavy (non-hydrogen) atoms. The van der Waals surface area contributed by atoms with E-state index < -0.39 is 11.9 Å². The van der Waals surface area contributed by atoms with Crippen LogP contribution in [0.5, 0.6) is 5.88 Å². The van der Waals surface area contributed by atoms with Gasteiger partial charge >= 0.3 is 5.97 Å². The third-order valence-electron chi connectivity index (χ3n) is 4.28. The van der Waals surface area contributed by atoms with Gasteiger partial charge in [0.2, 0.25) is 5.88 Å². The van der Waals surface area contributed by atoms with Crippen molar-refractivity contribution in [2.45, 2.75) is 53.6 Å². The highest BCUT2D eigenvalue weighted by Crippen LogP contribution is 2.28. The Kier molecular flexibility index (Phi) is 11.8. The fourth-order valence-electron chi connectivity index (χ4n) is 2.78. The van der Waals surface area contributed by atoms with Crippen LogP contribution in [-0.2, 0) is 4.79 Å². The molecule has 1 amide bonds. The summed E-state index contributed by atoms with van der Waals surface area (Å²) < 4.78 is 5.45. The summed E-state index contributed by atoms with van der Waals surface area (Å²) in [5, 5.41) is 10.6. The Bertz CT molecular complexity index is 1040. The highest BCUT2D eigenvalue weighted by Gasteiger charge is 2.16. The molecule has 0 saturated heterocycles. The molecule has 2 aromatic rings. The predicted octanol–water partition coefficient (Wildman–Crippen LogP) is 4.60. The van der Waals surface area contributed by atoms with E-state index in [1.807, 2.05) is 27.7 Å². The predicted molar refractivity (Wildman–Crippen MR) is 136 cm³/mol. The highest BCUT2D eigenvalue weighted by molar-refractivity contribution is 6.35. The van der Waals surface area contributed by atoms with Crippen LogP contribution in [0.4, 0.5) is 5.69 Å². The third kappa shape index (κ3) is 8.48. The Morgan fingerprint density at radius 2 is 1.85 bits per heavy atom. The SMILES string of the molecule is CC.Cc1cc(C(N)=NC(=O)c2cnc(OC(C)C)c(Cl)c2)c(Cl)cc1N(N)CCCC(=O)O. The number of rotatable bonds is 9. The third-order valence-corrected chi connectivity index (χ3v) is 4.87. The lowest BCUT2D eigenvalue weighted by Gasteiger charge is -2.21. The Morgan fingerprint density at radius 1 is 1.21 bits per heavy atom. The molecule has 0 bridgehead atoms. The zero-order valence-corrected chi connectivity index (χ0v) is 21.4. The first-order valence-corrected chi connectivity index (χ1v) is 11.5. The number of aryl methyl sites for hydroxylation is 1. The molecule has 1 aromatic heterocycles. The number of nitrogens with two attached hydrogens (primary N) is 2. The molecular formula is C23H31Cl2N5O4. The van der Waals surface area contributed by atoms with Crippen molar-refractivity contribution < 1.29 is 19.4 Å². The molecular weight excluding hydrogens is 481 g/mol. The van der Waals surface area contributed by atoms with Crippen LogP contribution in [0.2, 0.25) is 10.0 Å². The van der Waals surface area contributed by atoms with E-state index >= 15 is 0 Å². The van der Waals surface area contributed by atoms with Gasteiger partial charge in [-0.15, -0.1) is 0 Å². The van der Waals surface area contributed by atoms with Crippen molar-refractivity contribution in [2.24, 2.45) is 16.6 Å². The van der Waals surface area contributed by atoms with Crippen LogP contribution in [0.25, 0.3) is 0 Å². The van der Waals surface area contributed by atoms with Crippen LogP contribution in [0.15, 0.2) is 29.4 Å². The Labute approximate surface area is 209 Å². The summed E-state index contributed by atoms with van der Waals surface area (Å²) in [5.74, 6) is 4.64. The molecule has 0 atom stereocenters. The molecule has 11 heteroatoms. The van der Waals surface area contributed by atoms with Crippen LogP contribution in [-0.4, -0.2) is 40.5 Å². The van der Waals surface area contributed by atoms with Gasteiger partial charge in [-0.1, -0.05) is 37.0 Å². The first kappa shape index (κ1) is 29.2. The van der Waals surface area contributed by atoms with Gasteiger partial charge in [-0.25, -0.2) is 10.8 Å². The highest BCUT2D eigenvalue weighted by atomic mass is 35.5. The Hall–Kier alpha value is -2.88. The van der Waals surface area contributed by atoms with Crippen molar-refractivity contribution in [3.05, 3.63) is 51.1 Å². The van der Waals surface area contributed by atoms with Gasteiger partial charge in [0, 0.05) is 24.7 Å². The normalized spacial score (nSPS) is 11.0. The molecule has 9 nitrogen and oxygen atoms in total. The second-order valence-corrected chi connectivity index (χ2v) is 8.10. The molecule has 2 rings (SSSR count). The number of halogens is 2. The van der Waals surface area contributed by atoms with Crippen molar-refractivity contribution in [1.29, 1.82) is 0 Å². The summed E-state index contributed by atoms with van der Waals surface area (Å²) in [6.07, 6.45) is 1.57. The number of carbonyl (C=O) groups is 2. The fraction of sp³-hybridized carbons (Fsp3) is 0.391. The summed E-state index contributed by atoms with van der Waals surface area (Å²) in [6.45, 7) is 9.78. The van der Waals surface area contributed by atoms with Crippen LogP contribution in [0.3, 0.4) is 0 Å². The van der Waals surface area contributed by atoms with Gasteiger partial charge in [-0.3, -0.25) is 9.59 Å². The summed E-state index contributed by atoms with van der Waals surface area (Å²) in [4.78, 5) is 31.2. The zero-order chi connectivity index (χ0) is 26.0. The number of aliphatic carboxylic acids is 1. The second kappa shape index (κ2) is 13.7. The molecule has 0 radical (unpaired) electrons. The monoisotopic (exact) mass is 511 g/mol. The summed E-state index contributed by atoms with van der Waals surface area (Å²) in [7, 11) is 0. The average Bonchev–Trinajstić information content (AvgIpc) is 2.77. The molecule has 0 fully saturated rings. The standard InChI is InChI=1S/C21H25Cl2N5O4.C2H6/c1-11(2)32-21-16(23)8-13(10-26-21)20(31)27-19(24)14-7-12(3)17(9-15(14)22)28(25)6-4-5-18(29)30;1-2/h7-11H,4-6,25H2,1-3H3,(H,29,30)(H2,24,27,31);1-2H3. The number of benzene rings is 1. The zero-order valence-electron chi connectivity index (χ0n) is 19.9. The van der Waals surface area contributed by atoms with E-state index in [1.165, 1.54) is 17.3 Å². The van der Waals surface area contributed by atoms with Gasteiger partial charge < -0.3 is 20.6 Å². The Balaban J connectivity index is 0.00000281. The van der Waals surface area contributed by atoms with E-state index in [1.54, 1.807) is 19.1 Å². The van der Waals surface area contributed by atoms with Crippen molar-refractivity contribution >= 4 is 46.6 Å². The first-order valence-electron chi connectivity index (χ1n) is 10.7. The van der Waals surface area contributed by atoms with Gasteiger partial charge in [0.15, 0.2) is 0 Å². The van der Waals surface area contributed by atoms with E-state index in [0.29, 0.717) is 24.2 Å². The van der Waals surface area contributed by atoms with E-state index in [-0.39, 0.29) is 39.8 Å². The summed E-state index contributed by atoms with van der Waals surface area (Å²) >= 11 is 12.5. The number of amides is 1. The molecule has 5 N–H and O–H groups in total. The summed E-state index contributed by atoms with van der Waals surface area (Å²) in [6, 6.07) is 4.66. The van der Waals surface area contributed by atoms with Gasteiger partial charge in [0.1, 0.15) is 10.9 Å². The number of aliphatic imine (C=N–C) groups is 1. The number of pyridine rings is 1. The number of nitrogens with zero attached hydrogens (tertiary/aromatic N) is 3. The van der Waals surface area contributed by atoms with Crippen LogP contribution >= 0.6 is 23.2 Å². The Morgan fingerprint density at radius 3 is 2.41 bits per heavy atom. The number of hydrogen-bond donors (Lipinski definition) is 3. The van der Waals surface area contributed by atoms with Crippen LogP contribution < -0.4 is 21.3 Å². The molecule has 0 aliphatic rings. The topological polar surface area (TPSA) is 144 Å². The molecule has 1 heterocycles. The molecule has 0 aliphatic carbocycles. The first-order chi connectivity index (χ1) is 16.0. The largest absolute Gasteiger partial charge is 0.481 e. The van der Waals surface area contributed by atoms with E-state index in [2.05, 4.69) is 9.98 Å². The number of carboxylic acids is 1. The van der Waals surface area contributed by atoms with E-state index in [4.69, 9.17) is 44.6 Å². The lowest BCUT2D eigenvalue weighted by molar-refractivity contribution is -0.137.